The summed E-state index contributed by atoms with van der Waals surface area (Å²) in [5.41, 5.74) is 1.92. The summed E-state index contributed by atoms with van der Waals surface area (Å²) in [4.78, 5) is 20.9. The molecule has 1 aromatic carbocycles. The summed E-state index contributed by atoms with van der Waals surface area (Å²) in [7, 11) is 0. The van der Waals surface area contributed by atoms with Crippen molar-refractivity contribution in [3.8, 4) is 0 Å². The minimum Gasteiger partial charge on any atom is -0.273 e. The molecule has 2 fully saturated rings. The van der Waals surface area contributed by atoms with Gasteiger partial charge in [0.05, 0.1) is 5.54 Å². The van der Waals surface area contributed by atoms with E-state index in [2.05, 4.69) is 18.5 Å². The van der Waals surface area contributed by atoms with E-state index in [9.17, 15) is 4.79 Å². The highest BCUT2D eigenvalue weighted by molar-refractivity contribution is 6.06. The van der Waals surface area contributed by atoms with E-state index in [0.717, 1.165) is 29.3 Å². The molecule has 30 heavy (non-hydrogen) atoms. The molecule has 5 heteroatoms. The Bertz CT molecular complexity index is 940. The first-order valence-electron chi connectivity index (χ1n) is 11.9. The molecule has 2 atom stereocenters. The number of carbonyl (C=O) groups excluding carboxylic acids is 1. The van der Waals surface area contributed by atoms with Gasteiger partial charge in [-0.15, -0.1) is 0 Å². The molecule has 0 radical (unpaired) electrons. The fourth-order valence-corrected chi connectivity index (χ4v) is 6.28. The van der Waals surface area contributed by atoms with Crippen LogP contribution >= 0.6 is 0 Å². The van der Waals surface area contributed by atoms with Gasteiger partial charge >= 0.3 is 0 Å². The molecule has 2 unspecified atom stereocenters. The van der Waals surface area contributed by atoms with Gasteiger partial charge in [0, 0.05) is 23.4 Å². The zero-order valence-corrected chi connectivity index (χ0v) is 18.6. The van der Waals surface area contributed by atoms with Crippen LogP contribution in [-0.2, 0) is 5.54 Å². The predicted octanol–water partition coefficient (Wildman–Crippen LogP) is 5.59. The fourth-order valence-electron chi connectivity index (χ4n) is 6.28. The van der Waals surface area contributed by atoms with Crippen molar-refractivity contribution in [1.29, 1.82) is 0 Å². The van der Waals surface area contributed by atoms with Crippen molar-refractivity contribution in [1.82, 2.24) is 14.8 Å². The van der Waals surface area contributed by atoms with E-state index in [1.807, 2.05) is 36.1 Å². The molecule has 5 nitrogen and oxygen atoms in total. The molecule has 0 saturated heterocycles. The molecule has 1 aliphatic heterocycles. The molecule has 0 bridgehead atoms. The van der Waals surface area contributed by atoms with Gasteiger partial charge in [-0.05, 0) is 44.7 Å². The second kappa shape index (κ2) is 7.51. The van der Waals surface area contributed by atoms with Crippen molar-refractivity contribution < 1.29 is 4.79 Å². The maximum atomic E-state index is 13.9. The van der Waals surface area contributed by atoms with Crippen LogP contribution in [0.15, 0.2) is 24.3 Å². The SMILES string of the molecule is Cc1cccc(C(=O)N2c3nc(C(C)C)nn3C3(CCCCC3)C3CCCCC32)c1. The lowest BCUT2D eigenvalue weighted by molar-refractivity contribution is 0.0310. The molecule has 2 aromatic rings. The van der Waals surface area contributed by atoms with Crippen LogP contribution in [0.4, 0.5) is 5.95 Å². The number of anilines is 1. The van der Waals surface area contributed by atoms with Gasteiger partial charge in [0.1, 0.15) is 0 Å². The van der Waals surface area contributed by atoms with Crippen molar-refractivity contribution in [3.63, 3.8) is 0 Å². The molecule has 3 aliphatic rings. The van der Waals surface area contributed by atoms with Gasteiger partial charge in [0.2, 0.25) is 5.95 Å². The summed E-state index contributed by atoms with van der Waals surface area (Å²) in [6, 6.07) is 8.23. The van der Waals surface area contributed by atoms with Crippen molar-refractivity contribution in [2.45, 2.75) is 96.1 Å². The number of aryl methyl sites for hydroxylation is 1. The van der Waals surface area contributed by atoms with Gasteiger partial charge in [0.25, 0.3) is 5.91 Å². The van der Waals surface area contributed by atoms with Crippen LogP contribution < -0.4 is 4.90 Å². The summed E-state index contributed by atoms with van der Waals surface area (Å²) in [5.74, 6) is 2.49. The molecule has 2 saturated carbocycles. The maximum Gasteiger partial charge on any atom is 0.260 e. The van der Waals surface area contributed by atoms with E-state index in [-0.39, 0.29) is 23.4 Å². The van der Waals surface area contributed by atoms with Gasteiger partial charge in [0.15, 0.2) is 5.82 Å². The van der Waals surface area contributed by atoms with E-state index >= 15 is 0 Å². The Morgan fingerprint density at radius 1 is 1.10 bits per heavy atom. The van der Waals surface area contributed by atoms with Crippen LogP contribution in [0.1, 0.15) is 99.3 Å². The van der Waals surface area contributed by atoms with Gasteiger partial charge in [-0.25, -0.2) is 4.68 Å². The maximum absolute atomic E-state index is 13.9. The molecule has 1 aromatic heterocycles. The highest BCUT2D eigenvalue weighted by atomic mass is 16.2. The lowest BCUT2D eigenvalue weighted by atomic mass is 9.64. The number of rotatable bonds is 2. The lowest BCUT2D eigenvalue weighted by Gasteiger charge is -2.55. The Balaban J connectivity index is 1.68. The monoisotopic (exact) mass is 406 g/mol. The van der Waals surface area contributed by atoms with Crippen molar-refractivity contribution >= 4 is 11.9 Å². The van der Waals surface area contributed by atoms with E-state index < -0.39 is 0 Å². The van der Waals surface area contributed by atoms with Crippen LogP contribution in [0.3, 0.4) is 0 Å². The second-order valence-electron chi connectivity index (χ2n) is 10.0. The Kier molecular flexibility index (Phi) is 4.95. The van der Waals surface area contributed by atoms with Crippen LogP contribution in [-0.4, -0.2) is 26.7 Å². The average Bonchev–Trinajstić information content (AvgIpc) is 3.21. The summed E-state index contributed by atoms with van der Waals surface area (Å²) in [6.07, 6.45) is 10.9. The van der Waals surface area contributed by atoms with Gasteiger partial charge in [-0.2, -0.15) is 10.1 Å². The third-order valence-corrected chi connectivity index (χ3v) is 7.71. The Morgan fingerprint density at radius 2 is 1.87 bits per heavy atom. The Hall–Kier alpha value is -2.17. The first-order chi connectivity index (χ1) is 14.5. The molecule has 5 rings (SSSR count). The minimum absolute atomic E-state index is 0.0438. The third-order valence-electron chi connectivity index (χ3n) is 7.71. The van der Waals surface area contributed by atoms with E-state index in [4.69, 9.17) is 10.1 Å². The van der Waals surface area contributed by atoms with Gasteiger partial charge < -0.3 is 0 Å². The number of fused-ring (bicyclic) bond motifs is 4. The smallest absolute Gasteiger partial charge is 0.260 e. The topological polar surface area (TPSA) is 51.0 Å². The first kappa shape index (κ1) is 19.8. The summed E-state index contributed by atoms with van der Waals surface area (Å²) in [6.45, 7) is 6.34. The molecule has 1 spiro atoms. The number of benzene rings is 1. The largest absolute Gasteiger partial charge is 0.273 e. The lowest BCUT2D eigenvalue weighted by Crippen LogP contribution is -2.61. The molecule has 0 N–H and O–H groups in total. The molecular weight excluding hydrogens is 372 g/mol. The Labute approximate surface area is 179 Å². The summed E-state index contributed by atoms with van der Waals surface area (Å²) < 4.78 is 2.22. The summed E-state index contributed by atoms with van der Waals surface area (Å²) >= 11 is 0. The van der Waals surface area contributed by atoms with Crippen molar-refractivity contribution in [2.75, 3.05) is 4.90 Å². The second-order valence-corrected chi connectivity index (χ2v) is 10.0. The highest BCUT2D eigenvalue weighted by Gasteiger charge is 2.55. The quantitative estimate of drug-likeness (QED) is 0.653. The number of hydrogen-bond donors (Lipinski definition) is 0. The van der Waals surface area contributed by atoms with Crippen LogP contribution in [0.2, 0.25) is 0 Å². The number of aromatic nitrogens is 3. The van der Waals surface area contributed by atoms with Gasteiger partial charge in [-0.3, -0.25) is 9.69 Å². The zero-order chi connectivity index (χ0) is 20.9. The zero-order valence-electron chi connectivity index (χ0n) is 18.6. The average molecular weight is 407 g/mol. The highest BCUT2D eigenvalue weighted by Crippen LogP contribution is 2.53. The fraction of sp³-hybridized carbons (Fsp3) is 0.640. The molecule has 160 valence electrons. The predicted molar refractivity (Wildman–Crippen MR) is 119 cm³/mol. The molecular formula is C25H34N4O. The number of hydrogen-bond acceptors (Lipinski definition) is 3. The minimum atomic E-state index is 0.0438. The van der Waals surface area contributed by atoms with E-state index in [1.54, 1.807) is 0 Å². The summed E-state index contributed by atoms with van der Waals surface area (Å²) in [5, 5.41) is 5.07. The van der Waals surface area contributed by atoms with Gasteiger partial charge in [-0.1, -0.05) is 63.6 Å². The van der Waals surface area contributed by atoms with E-state index in [0.29, 0.717) is 5.92 Å². The number of amides is 1. The first-order valence-corrected chi connectivity index (χ1v) is 11.9. The van der Waals surface area contributed by atoms with Crippen LogP contribution in [0.5, 0.6) is 0 Å². The normalized spacial score (nSPS) is 25.3. The standard InChI is InChI=1S/C25H34N4O/c1-17(2)22-26-24-28(23(30)19-11-9-10-18(3)16-19)21-13-6-5-12-20(21)25(29(24)27-22)14-7-4-8-15-25/h9-11,16-17,20-21H,4-8,12-15H2,1-3H3. The van der Waals surface area contributed by atoms with Crippen LogP contribution in [0, 0.1) is 12.8 Å². The van der Waals surface area contributed by atoms with Crippen LogP contribution in [0.25, 0.3) is 0 Å². The third kappa shape index (κ3) is 3.00. The number of carbonyl (C=O) groups is 1. The molecule has 2 aliphatic carbocycles. The molecule has 2 heterocycles. The number of nitrogens with zero attached hydrogens (tertiary/aromatic N) is 4. The van der Waals surface area contributed by atoms with E-state index in [1.165, 1.54) is 51.4 Å². The van der Waals surface area contributed by atoms with Crippen molar-refractivity contribution in [2.24, 2.45) is 5.92 Å². The molecule has 1 amide bonds. The Morgan fingerprint density at radius 3 is 2.60 bits per heavy atom. The van der Waals surface area contributed by atoms with Crippen molar-refractivity contribution in [3.05, 3.63) is 41.2 Å².